The molecular formula is C22H20FNO. The first-order valence-corrected chi connectivity index (χ1v) is 8.20. The molecule has 0 N–H and O–H groups in total. The monoisotopic (exact) mass is 333 g/mol. The highest BCUT2D eigenvalue weighted by molar-refractivity contribution is 5.85. The van der Waals surface area contributed by atoms with Gasteiger partial charge in [-0.25, -0.2) is 4.39 Å². The van der Waals surface area contributed by atoms with Gasteiger partial charge < -0.3 is 4.74 Å². The first kappa shape index (κ1) is 16.9. The Morgan fingerprint density at radius 2 is 1.76 bits per heavy atom. The molecule has 3 aromatic rings. The van der Waals surface area contributed by atoms with Crippen molar-refractivity contribution in [2.45, 2.75) is 20.5 Å². The SMILES string of the molecule is Cc1cccc(N=Cc2ccccc2OCc2cccc(F)c2)c1C. The standard InChI is InChI=1S/C22H20FNO/c1-16-7-5-11-21(17(16)2)24-14-19-9-3-4-12-22(19)25-15-18-8-6-10-20(23)13-18/h3-14H,15H2,1-2H3. The number of aryl methyl sites for hydroxylation is 1. The zero-order valence-electron chi connectivity index (χ0n) is 14.4. The van der Waals surface area contributed by atoms with Crippen molar-refractivity contribution in [3.8, 4) is 5.75 Å². The lowest BCUT2D eigenvalue weighted by Crippen LogP contribution is -1.98. The van der Waals surface area contributed by atoms with E-state index in [1.807, 2.05) is 48.7 Å². The topological polar surface area (TPSA) is 21.6 Å². The molecule has 0 radical (unpaired) electrons. The first-order valence-electron chi connectivity index (χ1n) is 8.20. The fraction of sp³-hybridized carbons (Fsp3) is 0.136. The van der Waals surface area contributed by atoms with E-state index < -0.39 is 0 Å². The van der Waals surface area contributed by atoms with Crippen molar-refractivity contribution < 1.29 is 9.13 Å². The number of para-hydroxylation sites is 1. The summed E-state index contributed by atoms with van der Waals surface area (Å²) >= 11 is 0. The van der Waals surface area contributed by atoms with Crippen LogP contribution in [-0.4, -0.2) is 6.21 Å². The molecular weight excluding hydrogens is 313 g/mol. The average Bonchev–Trinajstić information content (AvgIpc) is 2.62. The van der Waals surface area contributed by atoms with Gasteiger partial charge in [0, 0.05) is 11.8 Å². The van der Waals surface area contributed by atoms with Crippen LogP contribution in [0.4, 0.5) is 10.1 Å². The van der Waals surface area contributed by atoms with Crippen molar-refractivity contribution in [1.82, 2.24) is 0 Å². The lowest BCUT2D eigenvalue weighted by atomic mass is 10.1. The zero-order valence-corrected chi connectivity index (χ0v) is 14.4. The van der Waals surface area contributed by atoms with E-state index in [-0.39, 0.29) is 5.82 Å². The van der Waals surface area contributed by atoms with Crippen LogP contribution in [0.1, 0.15) is 22.3 Å². The van der Waals surface area contributed by atoms with Crippen LogP contribution in [0.3, 0.4) is 0 Å². The van der Waals surface area contributed by atoms with E-state index in [1.165, 1.54) is 17.7 Å². The Labute approximate surface area is 147 Å². The van der Waals surface area contributed by atoms with Gasteiger partial charge in [-0.05, 0) is 60.9 Å². The second-order valence-corrected chi connectivity index (χ2v) is 5.93. The molecule has 3 aromatic carbocycles. The highest BCUT2D eigenvalue weighted by Gasteiger charge is 2.03. The largest absolute Gasteiger partial charge is 0.488 e. The van der Waals surface area contributed by atoms with E-state index in [0.717, 1.165) is 28.1 Å². The van der Waals surface area contributed by atoms with E-state index in [2.05, 4.69) is 24.9 Å². The molecule has 3 rings (SSSR count). The molecule has 0 aliphatic heterocycles. The maximum absolute atomic E-state index is 13.3. The van der Waals surface area contributed by atoms with Gasteiger partial charge in [-0.2, -0.15) is 0 Å². The predicted molar refractivity (Wildman–Crippen MR) is 100 cm³/mol. The summed E-state index contributed by atoms with van der Waals surface area (Å²) < 4.78 is 19.1. The molecule has 0 atom stereocenters. The van der Waals surface area contributed by atoms with E-state index in [9.17, 15) is 4.39 Å². The number of ether oxygens (including phenoxy) is 1. The average molecular weight is 333 g/mol. The molecule has 0 aliphatic rings. The molecule has 0 heterocycles. The minimum atomic E-state index is -0.258. The second kappa shape index (κ2) is 7.75. The van der Waals surface area contributed by atoms with Crippen LogP contribution in [0.15, 0.2) is 71.7 Å². The van der Waals surface area contributed by atoms with E-state index >= 15 is 0 Å². The first-order chi connectivity index (χ1) is 12.1. The number of hydrogen-bond donors (Lipinski definition) is 0. The number of benzene rings is 3. The summed E-state index contributed by atoms with van der Waals surface area (Å²) in [6, 6.07) is 20.2. The predicted octanol–water partition coefficient (Wildman–Crippen LogP) is 5.77. The van der Waals surface area contributed by atoms with Gasteiger partial charge in [0.2, 0.25) is 0 Å². The summed E-state index contributed by atoms with van der Waals surface area (Å²) in [7, 11) is 0. The highest BCUT2D eigenvalue weighted by atomic mass is 19.1. The Kier molecular flexibility index (Phi) is 5.24. The van der Waals surface area contributed by atoms with Gasteiger partial charge in [0.1, 0.15) is 18.2 Å². The summed E-state index contributed by atoms with van der Waals surface area (Å²) in [5.41, 5.74) is 5.00. The maximum atomic E-state index is 13.3. The maximum Gasteiger partial charge on any atom is 0.128 e. The smallest absolute Gasteiger partial charge is 0.128 e. The Hall–Kier alpha value is -2.94. The summed E-state index contributed by atoms with van der Waals surface area (Å²) in [5, 5.41) is 0. The number of nitrogens with zero attached hydrogens (tertiary/aromatic N) is 1. The van der Waals surface area contributed by atoms with E-state index in [1.54, 1.807) is 6.07 Å². The zero-order chi connectivity index (χ0) is 17.6. The molecule has 25 heavy (non-hydrogen) atoms. The summed E-state index contributed by atoms with van der Waals surface area (Å²) in [6.07, 6.45) is 1.81. The molecule has 0 saturated heterocycles. The molecule has 0 amide bonds. The van der Waals surface area contributed by atoms with Crippen LogP contribution >= 0.6 is 0 Å². The number of hydrogen-bond acceptors (Lipinski definition) is 2. The lowest BCUT2D eigenvalue weighted by Gasteiger charge is -2.09. The van der Waals surface area contributed by atoms with E-state index in [4.69, 9.17) is 4.74 Å². The van der Waals surface area contributed by atoms with Crippen LogP contribution in [0.2, 0.25) is 0 Å². The summed E-state index contributed by atoms with van der Waals surface area (Å²) in [6.45, 7) is 4.45. The lowest BCUT2D eigenvalue weighted by molar-refractivity contribution is 0.305. The number of rotatable bonds is 5. The van der Waals surface area contributed by atoms with Gasteiger partial charge in [-0.15, -0.1) is 0 Å². The third-order valence-electron chi connectivity index (χ3n) is 4.12. The fourth-order valence-electron chi connectivity index (χ4n) is 2.52. The van der Waals surface area contributed by atoms with Gasteiger partial charge >= 0.3 is 0 Å². The van der Waals surface area contributed by atoms with Gasteiger partial charge in [-0.1, -0.05) is 36.4 Å². The molecule has 2 nitrogen and oxygen atoms in total. The van der Waals surface area contributed by atoms with E-state index in [0.29, 0.717) is 6.61 Å². The normalized spacial score (nSPS) is 11.0. The van der Waals surface area contributed by atoms with Crippen molar-refractivity contribution in [3.05, 3.63) is 94.8 Å². The van der Waals surface area contributed by atoms with Crippen molar-refractivity contribution in [2.75, 3.05) is 0 Å². The Bertz CT molecular complexity index is 902. The van der Waals surface area contributed by atoms with Crippen molar-refractivity contribution in [3.63, 3.8) is 0 Å². The fourth-order valence-corrected chi connectivity index (χ4v) is 2.52. The molecule has 0 spiro atoms. The summed E-state index contributed by atoms with van der Waals surface area (Å²) in [4.78, 5) is 4.60. The molecule has 0 saturated carbocycles. The van der Waals surface area contributed by atoms with Gasteiger partial charge in [0.15, 0.2) is 0 Å². The highest BCUT2D eigenvalue weighted by Crippen LogP contribution is 2.23. The molecule has 0 bridgehead atoms. The van der Waals surface area contributed by atoms with Crippen LogP contribution in [0.25, 0.3) is 0 Å². The van der Waals surface area contributed by atoms with Gasteiger partial charge in [-0.3, -0.25) is 4.99 Å². The van der Waals surface area contributed by atoms with Crippen molar-refractivity contribution >= 4 is 11.9 Å². The molecule has 0 unspecified atom stereocenters. The number of halogens is 1. The Morgan fingerprint density at radius 1 is 0.960 bits per heavy atom. The molecule has 0 aliphatic carbocycles. The van der Waals surface area contributed by atoms with Gasteiger partial charge in [0.25, 0.3) is 0 Å². The third-order valence-corrected chi connectivity index (χ3v) is 4.12. The van der Waals surface area contributed by atoms with Crippen molar-refractivity contribution in [2.24, 2.45) is 4.99 Å². The summed E-state index contributed by atoms with van der Waals surface area (Å²) in [5.74, 6) is 0.465. The van der Waals surface area contributed by atoms with Gasteiger partial charge in [0.05, 0.1) is 5.69 Å². The second-order valence-electron chi connectivity index (χ2n) is 5.93. The quantitative estimate of drug-likeness (QED) is 0.543. The van der Waals surface area contributed by atoms with Crippen LogP contribution in [0, 0.1) is 19.7 Å². The molecule has 0 fully saturated rings. The van der Waals surface area contributed by atoms with Crippen LogP contribution < -0.4 is 4.74 Å². The third kappa shape index (κ3) is 4.32. The molecule has 126 valence electrons. The Balaban J connectivity index is 1.79. The molecule has 3 heteroatoms. The van der Waals surface area contributed by atoms with Crippen LogP contribution in [-0.2, 0) is 6.61 Å². The Morgan fingerprint density at radius 3 is 2.60 bits per heavy atom. The minimum Gasteiger partial charge on any atom is -0.488 e. The molecule has 0 aromatic heterocycles. The van der Waals surface area contributed by atoms with Crippen molar-refractivity contribution in [1.29, 1.82) is 0 Å². The van der Waals surface area contributed by atoms with Crippen LogP contribution in [0.5, 0.6) is 5.75 Å². The number of aliphatic imine (C=N–C) groups is 1. The minimum absolute atomic E-state index is 0.258.